The average molecular weight is 210 g/mol. The lowest BCUT2D eigenvalue weighted by molar-refractivity contribution is -0.128. The molecule has 1 aromatic heterocycles. The van der Waals surface area contributed by atoms with Crippen LogP contribution < -0.4 is 5.32 Å². The van der Waals surface area contributed by atoms with Gasteiger partial charge in [0.1, 0.15) is 0 Å². The molecule has 5 heteroatoms. The van der Waals surface area contributed by atoms with Crippen molar-refractivity contribution >= 4 is 5.91 Å². The first-order valence-electron chi connectivity index (χ1n) is 4.99. The molecule has 1 N–H and O–H groups in total. The summed E-state index contributed by atoms with van der Waals surface area (Å²) in [6, 6.07) is 1.96. The monoisotopic (exact) mass is 210 g/mol. The van der Waals surface area contributed by atoms with E-state index in [0.29, 0.717) is 13.0 Å². The Labute approximate surface area is 90.1 Å². The van der Waals surface area contributed by atoms with Crippen LogP contribution in [0.5, 0.6) is 0 Å². The van der Waals surface area contributed by atoms with E-state index in [-0.39, 0.29) is 5.91 Å². The zero-order valence-corrected chi connectivity index (χ0v) is 9.53. The van der Waals surface area contributed by atoms with Crippen LogP contribution in [-0.4, -0.2) is 41.2 Å². The molecule has 0 saturated heterocycles. The fourth-order valence-electron chi connectivity index (χ4n) is 1.21. The quantitative estimate of drug-likeness (QED) is 0.695. The molecular formula is C10H18N4O. The summed E-state index contributed by atoms with van der Waals surface area (Å²) in [5, 5.41) is 7.27. The molecule has 0 bridgehead atoms. The van der Waals surface area contributed by atoms with Crippen molar-refractivity contribution < 1.29 is 4.79 Å². The number of carbonyl (C=O) groups excluding carboxylic acids is 1. The summed E-state index contributed by atoms with van der Waals surface area (Å²) in [4.78, 5) is 12.8. The highest BCUT2D eigenvalue weighted by atomic mass is 16.2. The van der Waals surface area contributed by atoms with Crippen molar-refractivity contribution in [2.45, 2.75) is 13.0 Å². The maximum Gasteiger partial charge on any atom is 0.223 e. The molecule has 1 rings (SSSR count). The Morgan fingerprint density at radius 2 is 2.33 bits per heavy atom. The average Bonchev–Trinajstić information content (AvgIpc) is 2.58. The van der Waals surface area contributed by atoms with Gasteiger partial charge in [-0.3, -0.25) is 9.48 Å². The first-order valence-corrected chi connectivity index (χ1v) is 4.99. The number of amides is 1. The number of nitrogens with one attached hydrogen (secondary N) is 1. The summed E-state index contributed by atoms with van der Waals surface area (Å²) < 4.78 is 1.82. The Morgan fingerprint density at radius 1 is 1.60 bits per heavy atom. The van der Waals surface area contributed by atoms with Crippen LogP contribution in [-0.2, 0) is 18.4 Å². The number of aryl methyl sites for hydroxylation is 1. The van der Waals surface area contributed by atoms with Gasteiger partial charge in [0, 0.05) is 46.9 Å². The summed E-state index contributed by atoms with van der Waals surface area (Å²) in [6.07, 6.45) is 2.30. The van der Waals surface area contributed by atoms with Gasteiger partial charge >= 0.3 is 0 Å². The van der Waals surface area contributed by atoms with Crippen LogP contribution in [0.3, 0.4) is 0 Å². The number of rotatable bonds is 5. The van der Waals surface area contributed by atoms with Gasteiger partial charge in [-0.05, 0) is 6.07 Å². The standard InChI is InChI=1S/C10H18N4O/c1-13(2)10(15)5-6-11-8-9-4-7-12-14(9)3/h4,7,11H,5-6,8H2,1-3H3. The van der Waals surface area contributed by atoms with Crippen molar-refractivity contribution in [2.75, 3.05) is 20.6 Å². The van der Waals surface area contributed by atoms with Gasteiger partial charge in [0.05, 0.1) is 5.69 Å². The van der Waals surface area contributed by atoms with Crippen LogP contribution in [0, 0.1) is 0 Å². The molecule has 15 heavy (non-hydrogen) atoms. The fourth-order valence-corrected chi connectivity index (χ4v) is 1.21. The Hall–Kier alpha value is -1.36. The summed E-state index contributed by atoms with van der Waals surface area (Å²) in [6.45, 7) is 1.44. The highest BCUT2D eigenvalue weighted by Crippen LogP contribution is 1.95. The van der Waals surface area contributed by atoms with Gasteiger partial charge in [-0.2, -0.15) is 5.10 Å². The highest BCUT2D eigenvalue weighted by Gasteiger charge is 2.03. The second kappa shape index (κ2) is 5.50. The molecular weight excluding hydrogens is 192 g/mol. The largest absolute Gasteiger partial charge is 0.349 e. The molecule has 84 valence electrons. The maximum absolute atomic E-state index is 11.2. The molecule has 0 aliphatic heterocycles. The SMILES string of the molecule is CN(C)C(=O)CCNCc1ccnn1C. The number of hydrogen-bond acceptors (Lipinski definition) is 3. The van der Waals surface area contributed by atoms with Gasteiger partial charge in [-0.1, -0.05) is 0 Å². The van der Waals surface area contributed by atoms with E-state index in [4.69, 9.17) is 0 Å². The highest BCUT2D eigenvalue weighted by molar-refractivity contribution is 5.75. The van der Waals surface area contributed by atoms with Crippen LogP contribution in [0.1, 0.15) is 12.1 Å². The summed E-state index contributed by atoms with van der Waals surface area (Å²) in [5.74, 6) is 0.146. The van der Waals surface area contributed by atoms with E-state index in [2.05, 4.69) is 10.4 Å². The molecule has 0 aromatic carbocycles. The van der Waals surface area contributed by atoms with Gasteiger partial charge in [0.25, 0.3) is 0 Å². The zero-order valence-electron chi connectivity index (χ0n) is 9.53. The Bertz CT molecular complexity index is 319. The van der Waals surface area contributed by atoms with Crippen LogP contribution in [0.2, 0.25) is 0 Å². The summed E-state index contributed by atoms with van der Waals surface area (Å²) >= 11 is 0. The van der Waals surface area contributed by atoms with Crippen molar-refractivity contribution in [1.29, 1.82) is 0 Å². The predicted molar refractivity (Wildman–Crippen MR) is 58.2 cm³/mol. The topological polar surface area (TPSA) is 50.2 Å². The molecule has 0 unspecified atom stereocenters. The van der Waals surface area contributed by atoms with E-state index >= 15 is 0 Å². The minimum absolute atomic E-state index is 0.146. The Balaban J connectivity index is 2.18. The second-order valence-corrected chi connectivity index (χ2v) is 3.66. The molecule has 1 amide bonds. The minimum Gasteiger partial charge on any atom is -0.349 e. The van der Waals surface area contributed by atoms with Crippen LogP contribution in [0.4, 0.5) is 0 Å². The number of hydrogen-bond donors (Lipinski definition) is 1. The number of carbonyl (C=O) groups is 1. The van der Waals surface area contributed by atoms with Gasteiger partial charge in [0.15, 0.2) is 0 Å². The van der Waals surface area contributed by atoms with Crippen molar-refractivity contribution in [1.82, 2.24) is 20.0 Å². The van der Waals surface area contributed by atoms with Crippen molar-refractivity contribution in [3.05, 3.63) is 18.0 Å². The second-order valence-electron chi connectivity index (χ2n) is 3.66. The zero-order chi connectivity index (χ0) is 11.3. The van der Waals surface area contributed by atoms with Crippen molar-refractivity contribution in [3.8, 4) is 0 Å². The molecule has 0 spiro atoms. The molecule has 0 radical (unpaired) electrons. The molecule has 0 aliphatic rings. The molecule has 1 aromatic rings. The van der Waals surface area contributed by atoms with Crippen LogP contribution in [0.15, 0.2) is 12.3 Å². The molecule has 1 heterocycles. The minimum atomic E-state index is 0.146. The first kappa shape index (κ1) is 11.7. The van der Waals surface area contributed by atoms with E-state index < -0.39 is 0 Å². The maximum atomic E-state index is 11.2. The smallest absolute Gasteiger partial charge is 0.223 e. The van der Waals surface area contributed by atoms with E-state index in [1.54, 1.807) is 25.2 Å². The molecule has 5 nitrogen and oxygen atoms in total. The third-order valence-electron chi connectivity index (χ3n) is 2.24. The molecule has 0 atom stereocenters. The first-order chi connectivity index (χ1) is 7.11. The molecule has 0 aliphatic carbocycles. The van der Waals surface area contributed by atoms with Gasteiger partial charge < -0.3 is 10.2 Å². The normalized spacial score (nSPS) is 10.3. The van der Waals surface area contributed by atoms with Gasteiger partial charge in [0.2, 0.25) is 5.91 Å². The van der Waals surface area contributed by atoms with Crippen LogP contribution >= 0.6 is 0 Å². The predicted octanol–water partition coefficient (Wildman–Crippen LogP) is -0.0120. The van der Waals surface area contributed by atoms with E-state index in [0.717, 1.165) is 12.2 Å². The summed E-state index contributed by atoms with van der Waals surface area (Å²) in [7, 11) is 5.44. The third kappa shape index (κ3) is 3.71. The van der Waals surface area contributed by atoms with Gasteiger partial charge in [-0.25, -0.2) is 0 Å². The molecule has 0 saturated carbocycles. The number of nitrogens with zero attached hydrogens (tertiary/aromatic N) is 3. The Kier molecular flexibility index (Phi) is 4.30. The van der Waals surface area contributed by atoms with E-state index in [1.165, 1.54) is 0 Å². The van der Waals surface area contributed by atoms with Gasteiger partial charge in [-0.15, -0.1) is 0 Å². The third-order valence-corrected chi connectivity index (χ3v) is 2.24. The van der Waals surface area contributed by atoms with E-state index in [9.17, 15) is 4.79 Å². The van der Waals surface area contributed by atoms with Crippen molar-refractivity contribution in [2.24, 2.45) is 7.05 Å². The van der Waals surface area contributed by atoms with Crippen LogP contribution in [0.25, 0.3) is 0 Å². The Morgan fingerprint density at radius 3 is 2.87 bits per heavy atom. The lowest BCUT2D eigenvalue weighted by Gasteiger charge is -2.10. The fraction of sp³-hybridized carbons (Fsp3) is 0.600. The van der Waals surface area contributed by atoms with Crippen molar-refractivity contribution in [3.63, 3.8) is 0 Å². The lowest BCUT2D eigenvalue weighted by atomic mass is 10.3. The summed E-state index contributed by atoms with van der Waals surface area (Å²) in [5.41, 5.74) is 1.12. The molecule has 0 fully saturated rings. The lowest BCUT2D eigenvalue weighted by Crippen LogP contribution is -2.26. The van der Waals surface area contributed by atoms with E-state index in [1.807, 2.05) is 17.8 Å². The number of aromatic nitrogens is 2.